The Morgan fingerprint density at radius 2 is 2.21 bits per heavy atom. The van der Waals surface area contributed by atoms with Crippen molar-refractivity contribution in [1.82, 2.24) is 15.4 Å². The lowest BCUT2D eigenvalue weighted by Crippen LogP contribution is -2.56. The van der Waals surface area contributed by atoms with Crippen LogP contribution < -0.4 is 10.4 Å². The number of aromatic nitrogens is 2. The van der Waals surface area contributed by atoms with E-state index in [0.29, 0.717) is 5.95 Å². The van der Waals surface area contributed by atoms with E-state index in [1.54, 1.807) is 0 Å². The molecule has 0 radical (unpaired) electrons. The Labute approximate surface area is 108 Å². The maximum Gasteiger partial charge on any atom is 0.322 e. The zero-order valence-corrected chi connectivity index (χ0v) is 9.96. The van der Waals surface area contributed by atoms with Crippen LogP contribution in [0.2, 0.25) is 0 Å². The Balaban J connectivity index is 1.94. The van der Waals surface area contributed by atoms with Gasteiger partial charge in [-0.1, -0.05) is 12.1 Å². The normalized spacial score (nSPS) is 19.9. The second kappa shape index (κ2) is 4.36. The third-order valence-corrected chi connectivity index (χ3v) is 3.07. The van der Waals surface area contributed by atoms with Gasteiger partial charge in [0, 0.05) is 6.42 Å². The number of carbonyl (C=O) groups excluding carboxylic acids is 1. The number of aliphatic carboxylic acids is 1. The van der Waals surface area contributed by atoms with Gasteiger partial charge in [-0.25, -0.2) is 15.4 Å². The summed E-state index contributed by atoms with van der Waals surface area (Å²) in [5, 5.41) is 10.2. The van der Waals surface area contributed by atoms with Crippen LogP contribution in [0, 0.1) is 0 Å². The molecule has 2 aromatic rings. The van der Waals surface area contributed by atoms with E-state index in [2.05, 4.69) is 15.4 Å². The van der Waals surface area contributed by atoms with E-state index >= 15 is 0 Å². The number of hydrogen-bond acceptors (Lipinski definition) is 4. The van der Waals surface area contributed by atoms with E-state index in [0.717, 1.165) is 11.0 Å². The number of hydrazine groups is 1. The van der Waals surface area contributed by atoms with Gasteiger partial charge in [-0.2, -0.15) is 0 Å². The minimum atomic E-state index is -0.978. The maximum atomic E-state index is 11.9. The smallest absolute Gasteiger partial charge is 0.322 e. The van der Waals surface area contributed by atoms with Crippen LogP contribution in [0.3, 0.4) is 0 Å². The van der Waals surface area contributed by atoms with Crippen molar-refractivity contribution in [3.05, 3.63) is 24.3 Å². The molecule has 1 fully saturated rings. The Morgan fingerprint density at radius 1 is 1.42 bits per heavy atom. The van der Waals surface area contributed by atoms with Crippen LogP contribution in [-0.4, -0.2) is 33.0 Å². The average Bonchev–Trinajstić information content (AvgIpc) is 2.82. The summed E-state index contributed by atoms with van der Waals surface area (Å²) in [6.07, 6.45) is 0.464. The number of nitrogens with one attached hydrogen (secondary N) is 2. The van der Waals surface area contributed by atoms with E-state index in [1.807, 2.05) is 24.3 Å². The number of carboxylic acid groups (broad SMARTS) is 1. The molecule has 1 unspecified atom stereocenters. The largest absolute Gasteiger partial charge is 0.480 e. The molecule has 0 spiro atoms. The van der Waals surface area contributed by atoms with Gasteiger partial charge in [0.15, 0.2) is 0 Å². The Morgan fingerprint density at radius 3 is 2.95 bits per heavy atom. The fourth-order valence-electron chi connectivity index (χ4n) is 2.08. The van der Waals surface area contributed by atoms with Crippen molar-refractivity contribution in [1.29, 1.82) is 0 Å². The highest BCUT2D eigenvalue weighted by Crippen LogP contribution is 2.19. The molecule has 98 valence electrons. The lowest BCUT2D eigenvalue weighted by atomic mass is 10.1. The molecule has 0 aliphatic carbocycles. The van der Waals surface area contributed by atoms with E-state index < -0.39 is 12.0 Å². The molecule has 1 aliphatic rings. The number of anilines is 1. The van der Waals surface area contributed by atoms with Gasteiger partial charge in [-0.15, -0.1) is 0 Å². The summed E-state index contributed by atoms with van der Waals surface area (Å²) in [5.41, 5.74) is 4.19. The summed E-state index contributed by atoms with van der Waals surface area (Å²) in [6.45, 7) is 0. The predicted octanol–water partition coefficient (Wildman–Crippen LogP) is 0.647. The number of benzene rings is 1. The maximum absolute atomic E-state index is 11.9. The Kier molecular flexibility index (Phi) is 2.68. The lowest BCUT2D eigenvalue weighted by molar-refractivity contribution is -0.140. The summed E-state index contributed by atoms with van der Waals surface area (Å²) in [5.74, 6) is -0.859. The van der Waals surface area contributed by atoms with Crippen molar-refractivity contribution in [2.24, 2.45) is 0 Å². The number of H-pyrrole nitrogens is 1. The van der Waals surface area contributed by atoms with E-state index in [1.165, 1.54) is 5.01 Å². The molecule has 2 heterocycles. The summed E-state index contributed by atoms with van der Waals surface area (Å²) in [7, 11) is 0. The van der Waals surface area contributed by atoms with Gasteiger partial charge < -0.3 is 10.1 Å². The van der Waals surface area contributed by atoms with Crippen LogP contribution in [0.15, 0.2) is 24.3 Å². The van der Waals surface area contributed by atoms with Crippen LogP contribution in [-0.2, 0) is 9.59 Å². The van der Waals surface area contributed by atoms with E-state index in [4.69, 9.17) is 5.11 Å². The van der Waals surface area contributed by atoms with Gasteiger partial charge in [0.1, 0.15) is 6.04 Å². The second-order valence-electron chi connectivity index (χ2n) is 4.37. The first-order chi connectivity index (χ1) is 9.15. The van der Waals surface area contributed by atoms with Crippen LogP contribution in [0.1, 0.15) is 12.8 Å². The molecule has 19 heavy (non-hydrogen) atoms. The molecular weight excluding hydrogens is 248 g/mol. The zero-order chi connectivity index (χ0) is 13.4. The molecule has 3 N–H and O–H groups in total. The Bertz CT molecular complexity index is 618. The van der Waals surface area contributed by atoms with Gasteiger partial charge in [0.2, 0.25) is 11.9 Å². The first-order valence-corrected chi connectivity index (χ1v) is 5.92. The fraction of sp³-hybridized carbons (Fsp3) is 0.250. The van der Waals surface area contributed by atoms with Crippen LogP contribution in [0.5, 0.6) is 0 Å². The lowest BCUT2D eigenvalue weighted by Gasteiger charge is -2.29. The number of carbonyl (C=O) groups is 2. The summed E-state index contributed by atoms with van der Waals surface area (Å²) < 4.78 is 0. The highest BCUT2D eigenvalue weighted by atomic mass is 16.4. The van der Waals surface area contributed by atoms with E-state index in [9.17, 15) is 9.59 Å². The summed E-state index contributed by atoms with van der Waals surface area (Å²) >= 11 is 0. The van der Waals surface area contributed by atoms with Crippen molar-refractivity contribution >= 4 is 28.9 Å². The van der Waals surface area contributed by atoms with Crippen LogP contribution in [0.25, 0.3) is 11.0 Å². The number of para-hydroxylation sites is 2. The third kappa shape index (κ3) is 2.04. The standard InChI is InChI=1S/C12H12N4O3/c17-10-6-5-9(11(18)19)15-16(10)12-13-7-3-1-2-4-8(7)14-12/h1-4,9,15H,5-6H2,(H,13,14)(H,18,19). The SMILES string of the molecule is O=C(O)C1CCC(=O)N(c2nc3ccccc3[nH]2)N1. The highest BCUT2D eigenvalue weighted by molar-refractivity contribution is 5.94. The highest BCUT2D eigenvalue weighted by Gasteiger charge is 2.31. The number of imidazole rings is 1. The van der Waals surface area contributed by atoms with Crippen molar-refractivity contribution in [3.63, 3.8) is 0 Å². The monoisotopic (exact) mass is 260 g/mol. The van der Waals surface area contributed by atoms with Crippen molar-refractivity contribution in [2.45, 2.75) is 18.9 Å². The van der Waals surface area contributed by atoms with Gasteiger partial charge in [0.25, 0.3) is 0 Å². The first kappa shape index (κ1) is 11.7. The molecule has 1 amide bonds. The molecule has 0 saturated carbocycles. The second-order valence-corrected chi connectivity index (χ2v) is 4.37. The molecule has 0 bridgehead atoms. The van der Waals surface area contributed by atoms with Gasteiger partial charge in [0.05, 0.1) is 11.0 Å². The van der Waals surface area contributed by atoms with Gasteiger partial charge in [-0.05, 0) is 18.6 Å². The fourth-order valence-corrected chi connectivity index (χ4v) is 2.08. The minimum Gasteiger partial charge on any atom is -0.480 e. The van der Waals surface area contributed by atoms with Crippen LogP contribution >= 0.6 is 0 Å². The third-order valence-electron chi connectivity index (χ3n) is 3.07. The topological polar surface area (TPSA) is 98.3 Å². The van der Waals surface area contributed by atoms with E-state index in [-0.39, 0.29) is 18.7 Å². The quantitative estimate of drug-likeness (QED) is 0.736. The predicted molar refractivity (Wildman–Crippen MR) is 67.4 cm³/mol. The number of amides is 1. The number of rotatable bonds is 2. The molecule has 1 saturated heterocycles. The molecule has 1 aromatic carbocycles. The van der Waals surface area contributed by atoms with Gasteiger partial charge >= 0.3 is 5.97 Å². The summed E-state index contributed by atoms with van der Waals surface area (Å²) in [4.78, 5) is 30.1. The molecule has 1 aromatic heterocycles. The molecular formula is C12H12N4O3. The molecule has 1 aliphatic heterocycles. The molecule has 1 atom stereocenters. The number of hydrogen-bond donors (Lipinski definition) is 3. The number of nitrogens with zero attached hydrogens (tertiary/aromatic N) is 2. The average molecular weight is 260 g/mol. The van der Waals surface area contributed by atoms with Crippen molar-refractivity contribution in [3.8, 4) is 0 Å². The van der Waals surface area contributed by atoms with Crippen LogP contribution in [0.4, 0.5) is 5.95 Å². The molecule has 7 nitrogen and oxygen atoms in total. The first-order valence-electron chi connectivity index (χ1n) is 5.92. The zero-order valence-electron chi connectivity index (χ0n) is 9.96. The van der Waals surface area contributed by atoms with Crippen molar-refractivity contribution in [2.75, 3.05) is 5.01 Å². The minimum absolute atomic E-state index is 0.182. The number of aromatic amines is 1. The Hall–Kier alpha value is -2.41. The molecule has 7 heteroatoms. The summed E-state index contributed by atoms with van der Waals surface area (Å²) in [6, 6.07) is 6.59. The number of fused-ring (bicyclic) bond motifs is 1. The van der Waals surface area contributed by atoms with Crippen molar-refractivity contribution < 1.29 is 14.7 Å². The molecule has 3 rings (SSSR count). The van der Waals surface area contributed by atoms with Gasteiger partial charge in [-0.3, -0.25) is 9.59 Å². The number of carboxylic acids is 1.